The number of aryl methyl sites for hydroxylation is 4. The van der Waals surface area contributed by atoms with Crippen LogP contribution >= 0.6 is 11.6 Å². The van der Waals surface area contributed by atoms with Crippen LogP contribution in [0.3, 0.4) is 0 Å². The Morgan fingerprint density at radius 1 is 0.860 bits per heavy atom. The highest BCUT2D eigenvalue weighted by Gasteiger charge is 2.21. The van der Waals surface area contributed by atoms with Gasteiger partial charge in [0, 0.05) is 44.2 Å². The summed E-state index contributed by atoms with van der Waals surface area (Å²) >= 11 is 6.65. The third-order valence-electron chi connectivity index (χ3n) is 8.76. The number of fused-ring (bicyclic) bond motifs is 1. The number of imidazole rings is 1. The molecule has 0 aliphatic carbocycles. The number of aromatic nitrogens is 3. The van der Waals surface area contributed by atoms with E-state index < -0.39 is 0 Å². The monoisotopic (exact) mass is 713 g/mol. The van der Waals surface area contributed by atoms with E-state index in [0.29, 0.717) is 82.8 Å². The van der Waals surface area contributed by atoms with Crippen LogP contribution < -0.4 is 10.5 Å². The molecule has 0 spiro atoms. The van der Waals surface area contributed by atoms with E-state index in [4.69, 9.17) is 55.3 Å². The second-order valence-electron chi connectivity index (χ2n) is 12.4. The van der Waals surface area contributed by atoms with Gasteiger partial charge in [0.05, 0.1) is 87.8 Å². The number of ether oxygens (including phenoxy) is 6. The minimum atomic E-state index is 0.344. The molecule has 50 heavy (non-hydrogen) atoms. The lowest BCUT2D eigenvalue weighted by Gasteiger charge is -2.32. The van der Waals surface area contributed by atoms with Crippen molar-refractivity contribution in [2.75, 3.05) is 92.3 Å². The number of hydrogen-bond acceptors (Lipinski definition) is 11. The van der Waals surface area contributed by atoms with Crippen LogP contribution in [0.25, 0.3) is 22.2 Å². The summed E-state index contributed by atoms with van der Waals surface area (Å²) in [5.41, 5.74) is 11.6. The Balaban J connectivity index is 1.12. The van der Waals surface area contributed by atoms with Crippen molar-refractivity contribution in [1.82, 2.24) is 19.6 Å². The van der Waals surface area contributed by atoms with Crippen molar-refractivity contribution in [2.45, 2.75) is 46.2 Å². The van der Waals surface area contributed by atoms with E-state index in [0.717, 1.165) is 90.7 Å². The molecular formula is C37H52ClN5O7. The lowest BCUT2D eigenvalue weighted by molar-refractivity contribution is -0.00386. The molecule has 274 valence electrons. The average Bonchev–Trinajstić information content (AvgIpc) is 3.65. The molecule has 2 N–H and O–H groups in total. The predicted octanol–water partition coefficient (Wildman–Crippen LogP) is 4.87. The van der Waals surface area contributed by atoms with Gasteiger partial charge in [-0.3, -0.25) is 4.90 Å². The third kappa shape index (κ3) is 11.0. The SMILES string of the molecule is Cc1noc(C)c1-c1ccc2c(c1)nc(CCc1ccc(OCCOCCOCCOCCOCCN)c(Cl)c1)n2CC(C)N1CCOCC1. The molecule has 5 rings (SSSR count). The maximum absolute atomic E-state index is 6.65. The molecule has 0 bridgehead atoms. The second-order valence-corrected chi connectivity index (χ2v) is 12.8. The van der Waals surface area contributed by atoms with Crippen LogP contribution in [0.5, 0.6) is 5.75 Å². The minimum absolute atomic E-state index is 0.344. The molecular weight excluding hydrogens is 662 g/mol. The number of nitrogens with two attached hydrogens (primary N) is 1. The first-order valence-corrected chi connectivity index (χ1v) is 18.0. The summed E-state index contributed by atoms with van der Waals surface area (Å²) in [6, 6.07) is 12.8. The number of nitrogens with zero attached hydrogens (tertiary/aromatic N) is 4. The van der Waals surface area contributed by atoms with Gasteiger partial charge in [-0.1, -0.05) is 28.9 Å². The summed E-state index contributed by atoms with van der Waals surface area (Å²) < 4.78 is 41.2. The van der Waals surface area contributed by atoms with Gasteiger partial charge in [-0.25, -0.2) is 4.98 Å². The summed E-state index contributed by atoms with van der Waals surface area (Å²) in [5, 5.41) is 4.74. The van der Waals surface area contributed by atoms with Gasteiger partial charge in [-0.2, -0.15) is 0 Å². The van der Waals surface area contributed by atoms with E-state index in [1.165, 1.54) is 0 Å². The molecule has 2 aromatic heterocycles. The number of morpholine rings is 1. The molecule has 1 aliphatic rings. The highest BCUT2D eigenvalue weighted by molar-refractivity contribution is 6.32. The van der Waals surface area contributed by atoms with Gasteiger partial charge in [0.25, 0.3) is 0 Å². The first kappa shape index (κ1) is 38.2. The highest BCUT2D eigenvalue weighted by Crippen LogP contribution is 2.31. The molecule has 0 radical (unpaired) electrons. The zero-order valence-corrected chi connectivity index (χ0v) is 30.4. The van der Waals surface area contributed by atoms with Crippen LogP contribution in [0.2, 0.25) is 5.02 Å². The summed E-state index contributed by atoms with van der Waals surface area (Å²) in [6.07, 6.45) is 1.56. The minimum Gasteiger partial charge on any atom is -0.490 e. The van der Waals surface area contributed by atoms with Gasteiger partial charge in [-0.05, 0) is 62.6 Å². The number of rotatable bonds is 22. The van der Waals surface area contributed by atoms with Crippen molar-refractivity contribution in [3.8, 4) is 16.9 Å². The van der Waals surface area contributed by atoms with Crippen molar-refractivity contribution < 1.29 is 32.9 Å². The van der Waals surface area contributed by atoms with Crippen LogP contribution in [-0.2, 0) is 43.1 Å². The van der Waals surface area contributed by atoms with E-state index >= 15 is 0 Å². The maximum Gasteiger partial charge on any atom is 0.141 e. The Hall–Kier alpha value is -3.07. The Morgan fingerprint density at radius 3 is 2.18 bits per heavy atom. The molecule has 1 aliphatic heterocycles. The van der Waals surface area contributed by atoms with Gasteiger partial charge in [-0.15, -0.1) is 0 Å². The van der Waals surface area contributed by atoms with Gasteiger partial charge >= 0.3 is 0 Å². The summed E-state index contributed by atoms with van der Waals surface area (Å²) in [6.45, 7) is 15.5. The Bertz CT molecular complexity index is 1590. The van der Waals surface area contributed by atoms with Crippen LogP contribution in [0.15, 0.2) is 40.9 Å². The third-order valence-corrected chi connectivity index (χ3v) is 9.06. The smallest absolute Gasteiger partial charge is 0.141 e. The number of halogens is 1. The zero-order chi connectivity index (χ0) is 35.1. The standard InChI is InChI=1S/C37H52ClN5O7/c1-27(42-11-14-45-15-12-42)26-43-34-7-6-31(37-28(2)41-50-29(37)3)25-33(34)40-36(43)9-5-30-4-8-35(32(38)24-30)49-23-22-48-21-20-47-19-18-46-17-16-44-13-10-39/h4,6-8,24-25,27H,5,9-23,26,39H2,1-3H3. The Kier molecular flexibility index (Phi) is 15.3. The van der Waals surface area contributed by atoms with E-state index in [-0.39, 0.29) is 0 Å². The van der Waals surface area contributed by atoms with Crippen molar-refractivity contribution in [3.63, 3.8) is 0 Å². The quantitative estimate of drug-likeness (QED) is 0.112. The highest BCUT2D eigenvalue weighted by atomic mass is 35.5. The fourth-order valence-electron chi connectivity index (χ4n) is 6.15. The van der Waals surface area contributed by atoms with Crippen molar-refractivity contribution in [2.24, 2.45) is 5.73 Å². The molecule has 2 aromatic carbocycles. The van der Waals surface area contributed by atoms with E-state index in [1.54, 1.807) is 0 Å². The molecule has 4 aromatic rings. The lowest BCUT2D eigenvalue weighted by Crippen LogP contribution is -2.44. The molecule has 13 heteroatoms. The van der Waals surface area contributed by atoms with E-state index in [2.05, 4.69) is 45.8 Å². The first-order valence-electron chi connectivity index (χ1n) is 17.6. The Morgan fingerprint density at radius 2 is 1.54 bits per heavy atom. The lowest BCUT2D eigenvalue weighted by atomic mass is 10.0. The van der Waals surface area contributed by atoms with E-state index in [1.807, 2.05) is 26.0 Å². The fraction of sp³-hybridized carbons (Fsp3) is 0.568. The topological polar surface area (TPSA) is 128 Å². The molecule has 3 heterocycles. The van der Waals surface area contributed by atoms with E-state index in [9.17, 15) is 0 Å². The number of hydrogen-bond donors (Lipinski definition) is 1. The zero-order valence-electron chi connectivity index (χ0n) is 29.7. The van der Waals surface area contributed by atoms with Gasteiger partial charge in [0.2, 0.25) is 0 Å². The molecule has 1 atom stereocenters. The van der Waals surface area contributed by atoms with Gasteiger partial charge in [0.15, 0.2) is 0 Å². The molecule has 1 unspecified atom stereocenters. The average molecular weight is 714 g/mol. The Labute approximate surface area is 300 Å². The fourth-order valence-corrected chi connectivity index (χ4v) is 6.41. The van der Waals surface area contributed by atoms with Crippen molar-refractivity contribution in [1.29, 1.82) is 0 Å². The summed E-state index contributed by atoms with van der Waals surface area (Å²) in [4.78, 5) is 7.67. The largest absolute Gasteiger partial charge is 0.490 e. The van der Waals surface area contributed by atoms with Crippen LogP contribution in [0, 0.1) is 13.8 Å². The molecule has 0 saturated carbocycles. The van der Waals surface area contributed by atoms with Crippen molar-refractivity contribution in [3.05, 3.63) is 64.3 Å². The molecule has 0 amide bonds. The predicted molar refractivity (Wildman–Crippen MR) is 193 cm³/mol. The summed E-state index contributed by atoms with van der Waals surface area (Å²) in [7, 11) is 0. The van der Waals surface area contributed by atoms with Crippen LogP contribution in [0.4, 0.5) is 0 Å². The second kappa shape index (κ2) is 20.1. The maximum atomic E-state index is 6.65. The van der Waals surface area contributed by atoms with Gasteiger partial charge < -0.3 is 43.2 Å². The normalized spacial score (nSPS) is 14.5. The van der Waals surface area contributed by atoms with Gasteiger partial charge in [0.1, 0.15) is 23.9 Å². The van der Waals surface area contributed by atoms with Crippen molar-refractivity contribution >= 4 is 22.6 Å². The molecule has 1 fully saturated rings. The van der Waals surface area contributed by atoms with Crippen LogP contribution in [-0.4, -0.2) is 118 Å². The van der Waals surface area contributed by atoms with Crippen LogP contribution in [0.1, 0.15) is 29.8 Å². The first-order chi connectivity index (χ1) is 24.4. The summed E-state index contributed by atoms with van der Waals surface area (Å²) in [5.74, 6) is 2.50. The molecule has 1 saturated heterocycles. The number of benzene rings is 2. The molecule has 12 nitrogen and oxygen atoms in total.